The van der Waals surface area contributed by atoms with Crippen molar-refractivity contribution in [3.05, 3.63) is 29.8 Å². The van der Waals surface area contributed by atoms with Crippen LogP contribution in [0.2, 0.25) is 0 Å². The molecule has 1 aliphatic carbocycles. The third-order valence-electron chi connectivity index (χ3n) is 4.51. The molecule has 1 amide bonds. The Morgan fingerprint density at radius 3 is 2.68 bits per heavy atom. The predicted octanol–water partition coefficient (Wildman–Crippen LogP) is 3.26. The molecular formula is C19H21FN6O2. The molecule has 0 bridgehead atoms. The van der Waals surface area contributed by atoms with Gasteiger partial charge in [0, 0.05) is 36.6 Å². The number of fused-ring (bicyclic) bond motifs is 1. The summed E-state index contributed by atoms with van der Waals surface area (Å²) < 4.78 is 21.4. The Bertz CT molecular complexity index is 1070. The van der Waals surface area contributed by atoms with E-state index in [1.165, 1.54) is 27.9 Å². The molecule has 1 saturated carbocycles. The number of alkyl halides is 1. The number of hydrogen-bond donors (Lipinski definition) is 1. The second-order valence-corrected chi connectivity index (χ2v) is 7.40. The molecule has 0 saturated heterocycles. The Hall–Kier alpha value is -3.10. The van der Waals surface area contributed by atoms with E-state index in [1.54, 1.807) is 23.0 Å². The van der Waals surface area contributed by atoms with Crippen molar-refractivity contribution in [2.45, 2.75) is 45.2 Å². The first kappa shape index (κ1) is 18.3. The van der Waals surface area contributed by atoms with Gasteiger partial charge >= 0.3 is 0 Å². The minimum absolute atomic E-state index is 0.00890. The van der Waals surface area contributed by atoms with E-state index in [1.807, 2.05) is 0 Å². The van der Waals surface area contributed by atoms with Crippen LogP contribution in [0.3, 0.4) is 0 Å². The molecule has 146 valence electrons. The zero-order valence-corrected chi connectivity index (χ0v) is 16.2. The highest BCUT2D eigenvalue weighted by Crippen LogP contribution is 2.43. The number of hydrogen-bond acceptors (Lipinski definition) is 6. The molecule has 3 aromatic heterocycles. The number of pyridine rings is 1. The number of ether oxygens (including phenoxy) is 1. The highest BCUT2D eigenvalue weighted by molar-refractivity contribution is 5.91. The molecule has 1 aliphatic rings. The Labute approximate surface area is 161 Å². The molecule has 28 heavy (non-hydrogen) atoms. The minimum Gasteiger partial charge on any atom is -0.481 e. The second kappa shape index (κ2) is 6.50. The molecule has 3 heterocycles. The SMILES string of the molecule is COc1cc(-n2nc(C3CC3)c3cnc(NC(C)=O)cc32)nc(C(C)(C)F)n1. The summed E-state index contributed by atoms with van der Waals surface area (Å²) in [5, 5.41) is 8.30. The number of nitrogens with one attached hydrogen (secondary N) is 1. The van der Waals surface area contributed by atoms with Crippen molar-refractivity contribution in [1.29, 1.82) is 0 Å². The fraction of sp³-hybridized carbons (Fsp3) is 0.421. The molecule has 0 spiro atoms. The number of halogens is 1. The first-order valence-electron chi connectivity index (χ1n) is 9.05. The lowest BCUT2D eigenvalue weighted by atomic mass is 10.1. The molecule has 0 unspecified atom stereocenters. The maximum absolute atomic E-state index is 14.5. The number of carbonyl (C=O) groups is 1. The first-order valence-corrected chi connectivity index (χ1v) is 9.05. The van der Waals surface area contributed by atoms with E-state index < -0.39 is 5.67 Å². The number of amides is 1. The lowest BCUT2D eigenvalue weighted by Crippen LogP contribution is -2.17. The van der Waals surface area contributed by atoms with Crippen molar-refractivity contribution in [3.8, 4) is 11.7 Å². The van der Waals surface area contributed by atoms with Crippen LogP contribution in [0.15, 0.2) is 18.3 Å². The van der Waals surface area contributed by atoms with Crippen LogP contribution in [-0.4, -0.2) is 37.7 Å². The van der Waals surface area contributed by atoms with Gasteiger partial charge in [0.05, 0.1) is 18.3 Å². The van der Waals surface area contributed by atoms with Gasteiger partial charge in [-0.25, -0.2) is 19.0 Å². The van der Waals surface area contributed by atoms with E-state index in [0.717, 1.165) is 29.4 Å². The zero-order valence-electron chi connectivity index (χ0n) is 16.2. The number of methoxy groups -OCH3 is 1. The summed E-state index contributed by atoms with van der Waals surface area (Å²) >= 11 is 0. The van der Waals surface area contributed by atoms with Gasteiger partial charge in [0.2, 0.25) is 11.8 Å². The molecule has 0 aromatic carbocycles. The third-order valence-corrected chi connectivity index (χ3v) is 4.51. The van der Waals surface area contributed by atoms with Gasteiger partial charge in [-0.2, -0.15) is 10.1 Å². The van der Waals surface area contributed by atoms with E-state index in [-0.39, 0.29) is 17.6 Å². The Kier molecular flexibility index (Phi) is 4.24. The highest BCUT2D eigenvalue weighted by Gasteiger charge is 2.31. The molecule has 3 aromatic rings. The smallest absolute Gasteiger partial charge is 0.222 e. The molecule has 0 aliphatic heterocycles. The van der Waals surface area contributed by atoms with Crippen LogP contribution in [0.5, 0.6) is 5.88 Å². The molecule has 9 heteroatoms. The largest absolute Gasteiger partial charge is 0.481 e. The maximum Gasteiger partial charge on any atom is 0.222 e. The fourth-order valence-electron chi connectivity index (χ4n) is 3.01. The lowest BCUT2D eigenvalue weighted by molar-refractivity contribution is -0.114. The van der Waals surface area contributed by atoms with E-state index in [9.17, 15) is 9.18 Å². The third kappa shape index (κ3) is 3.39. The summed E-state index contributed by atoms with van der Waals surface area (Å²) in [6, 6.07) is 3.35. The van der Waals surface area contributed by atoms with Gasteiger partial charge < -0.3 is 10.1 Å². The monoisotopic (exact) mass is 384 g/mol. The van der Waals surface area contributed by atoms with Gasteiger partial charge in [-0.15, -0.1) is 0 Å². The van der Waals surface area contributed by atoms with Crippen molar-refractivity contribution in [2.24, 2.45) is 0 Å². The summed E-state index contributed by atoms with van der Waals surface area (Å²) in [6.07, 6.45) is 3.83. The van der Waals surface area contributed by atoms with Crippen LogP contribution in [0.1, 0.15) is 51.0 Å². The Balaban J connectivity index is 1.93. The van der Waals surface area contributed by atoms with E-state index in [4.69, 9.17) is 9.84 Å². The van der Waals surface area contributed by atoms with Crippen LogP contribution in [-0.2, 0) is 10.5 Å². The molecule has 0 radical (unpaired) electrons. The predicted molar refractivity (Wildman–Crippen MR) is 101 cm³/mol. The van der Waals surface area contributed by atoms with Crippen molar-refractivity contribution in [2.75, 3.05) is 12.4 Å². The lowest BCUT2D eigenvalue weighted by Gasteiger charge is -2.15. The number of aromatic nitrogens is 5. The van der Waals surface area contributed by atoms with Crippen LogP contribution in [0.4, 0.5) is 10.2 Å². The first-order chi connectivity index (χ1) is 13.3. The van der Waals surface area contributed by atoms with Crippen molar-refractivity contribution >= 4 is 22.6 Å². The Morgan fingerprint density at radius 1 is 1.32 bits per heavy atom. The molecule has 8 nitrogen and oxygen atoms in total. The van der Waals surface area contributed by atoms with Crippen LogP contribution in [0, 0.1) is 0 Å². The normalized spacial score (nSPS) is 14.3. The van der Waals surface area contributed by atoms with Gasteiger partial charge in [0.25, 0.3) is 0 Å². The van der Waals surface area contributed by atoms with Crippen LogP contribution < -0.4 is 10.1 Å². The summed E-state index contributed by atoms with van der Waals surface area (Å²) in [4.78, 5) is 24.2. The second-order valence-electron chi connectivity index (χ2n) is 7.40. The van der Waals surface area contributed by atoms with Crippen LogP contribution in [0.25, 0.3) is 16.7 Å². The van der Waals surface area contributed by atoms with Crippen molar-refractivity contribution < 1.29 is 13.9 Å². The topological polar surface area (TPSA) is 94.8 Å². The summed E-state index contributed by atoms with van der Waals surface area (Å²) in [7, 11) is 1.47. The molecule has 1 fully saturated rings. The summed E-state index contributed by atoms with van der Waals surface area (Å²) in [5.74, 6) is 1.22. The number of nitrogens with zero attached hydrogens (tertiary/aromatic N) is 5. The van der Waals surface area contributed by atoms with Gasteiger partial charge in [-0.3, -0.25) is 4.79 Å². The molecule has 1 N–H and O–H groups in total. The van der Waals surface area contributed by atoms with Gasteiger partial charge in [0.15, 0.2) is 17.3 Å². The number of carbonyl (C=O) groups excluding carboxylic acids is 1. The fourth-order valence-corrected chi connectivity index (χ4v) is 3.01. The number of anilines is 1. The molecule has 4 rings (SSSR count). The number of rotatable bonds is 5. The Morgan fingerprint density at radius 2 is 2.07 bits per heavy atom. The highest BCUT2D eigenvalue weighted by atomic mass is 19.1. The summed E-state index contributed by atoms with van der Waals surface area (Å²) in [6.45, 7) is 4.20. The van der Waals surface area contributed by atoms with Gasteiger partial charge in [-0.05, 0) is 26.7 Å². The standard InChI is InChI=1S/C19H21FN6O2/c1-10(27)22-14-7-13-12(9-21-14)17(11-5-6-11)25-26(13)15-8-16(28-4)24-18(23-15)19(2,3)20/h7-9,11H,5-6H2,1-4H3,(H,21,22,27). The molecule has 0 atom stereocenters. The average molecular weight is 384 g/mol. The van der Waals surface area contributed by atoms with Gasteiger partial charge in [0.1, 0.15) is 5.82 Å². The summed E-state index contributed by atoms with van der Waals surface area (Å²) in [5.41, 5.74) is -0.0893. The quantitative estimate of drug-likeness (QED) is 0.725. The minimum atomic E-state index is -1.74. The van der Waals surface area contributed by atoms with E-state index in [0.29, 0.717) is 17.6 Å². The van der Waals surface area contributed by atoms with E-state index >= 15 is 0 Å². The van der Waals surface area contributed by atoms with Crippen molar-refractivity contribution in [1.82, 2.24) is 24.7 Å². The zero-order chi connectivity index (χ0) is 20.1. The maximum atomic E-state index is 14.5. The van der Waals surface area contributed by atoms with E-state index in [2.05, 4.69) is 20.3 Å². The molecular weight excluding hydrogens is 363 g/mol. The van der Waals surface area contributed by atoms with Crippen LogP contribution >= 0.6 is 0 Å². The van der Waals surface area contributed by atoms with Gasteiger partial charge in [-0.1, -0.05) is 0 Å². The average Bonchev–Trinajstić information content (AvgIpc) is 3.41. The van der Waals surface area contributed by atoms with Crippen molar-refractivity contribution in [3.63, 3.8) is 0 Å².